The SMILES string of the molecule is CN(CCCOP(=O)(O)O)C(=O)c1cc(N(CCBr)CCBr)c(C#N)cc1[N+](=O)[O-]. The summed E-state index contributed by atoms with van der Waals surface area (Å²) in [6.45, 7) is 0.799. The lowest BCUT2D eigenvalue weighted by molar-refractivity contribution is -0.385. The summed E-state index contributed by atoms with van der Waals surface area (Å²) in [4.78, 5) is 44.0. The van der Waals surface area contributed by atoms with E-state index in [1.165, 1.54) is 18.0 Å². The molecule has 0 aliphatic rings. The van der Waals surface area contributed by atoms with Gasteiger partial charge in [-0.25, -0.2) is 4.57 Å². The fourth-order valence-electron chi connectivity index (χ4n) is 2.60. The van der Waals surface area contributed by atoms with E-state index in [1.54, 1.807) is 0 Å². The number of rotatable bonds is 12. The van der Waals surface area contributed by atoms with Gasteiger partial charge < -0.3 is 19.6 Å². The number of nitro benzene ring substituents is 1. The normalized spacial score (nSPS) is 11.1. The summed E-state index contributed by atoms with van der Waals surface area (Å²) in [7, 11) is -3.19. The van der Waals surface area contributed by atoms with Crippen molar-refractivity contribution in [2.75, 3.05) is 48.8 Å². The van der Waals surface area contributed by atoms with Gasteiger partial charge in [0, 0.05) is 43.4 Å². The second-order valence-corrected chi connectivity index (χ2v) is 8.85. The van der Waals surface area contributed by atoms with Gasteiger partial charge in [0.25, 0.3) is 11.6 Å². The van der Waals surface area contributed by atoms with Crippen LogP contribution in [0.1, 0.15) is 22.3 Å². The quantitative estimate of drug-likeness (QED) is 0.126. The average molecular weight is 572 g/mol. The molecule has 30 heavy (non-hydrogen) atoms. The maximum absolute atomic E-state index is 12.9. The van der Waals surface area contributed by atoms with E-state index >= 15 is 0 Å². The minimum atomic E-state index is -4.61. The molecular formula is C16H21Br2N4O7P. The zero-order valence-corrected chi connectivity index (χ0v) is 20.1. The van der Waals surface area contributed by atoms with Crippen molar-refractivity contribution in [2.45, 2.75) is 6.42 Å². The van der Waals surface area contributed by atoms with Crippen molar-refractivity contribution in [3.8, 4) is 6.07 Å². The van der Waals surface area contributed by atoms with Gasteiger partial charge in [-0.2, -0.15) is 5.26 Å². The van der Waals surface area contributed by atoms with Crippen LogP contribution >= 0.6 is 39.7 Å². The third kappa shape index (κ3) is 7.94. The van der Waals surface area contributed by atoms with Crippen molar-refractivity contribution in [1.29, 1.82) is 5.26 Å². The molecule has 0 bridgehead atoms. The van der Waals surface area contributed by atoms with E-state index < -0.39 is 24.3 Å². The molecule has 1 aromatic carbocycles. The third-order valence-corrected chi connectivity index (χ3v) is 5.18. The number of phosphoric ester groups is 1. The highest BCUT2D eigenvalue weighted by atomic mass is 79.9. The number of hydrogen-bond acceptors (Lipinski definition) is 7. The second kappa shape index (κ2) is 12.3. The van der Waals surface area contributed by atoms with Crippen molar-refractivity contribution < 1.29 is 28.6 Å². The number of nitriles is 1. The Kier molecular flexibility index (Phi) is 10.9. The van der Waals surface area contributed by atoms with Crippen LogP contribution in [0.15, 0.2) is 12.1 Å². The summed E-state index contributed by atoms with van der Waals surface area (Å²) in [6.07, 6.45) is 0.115. The Hall–Kier alpha value is -1.55. The average Bonchev–Trinajstić information content (AvgIpc) is 2.68. The van der Waals surface area contributed by atoms with E-state index in [0.29, 0.717) is 29.4 Å². The monoisotopic (exact) mass is 570 g/mol. The van der Waals surface area contributed by atoms with Crippen LogP contribution < -0.4 is 4.90 Å². The fraction of sp³-hybridized carbons (Fsp3) is 0.500. The van der Waals surface area contributed by atoms with Crippen LogP contribution in [0.5, 0.6) is 0 Å². The first kappa shape index (κ1) is 26.5. The number of hydrogen-bond donors (Lipinski definition) is 2. The molecular weight excluding hydrogens is 551 g/mol. The number of anilines is 1. The van der Waals surface area contributed by atoms with Gasteiger partial charge in [-0.05, 0) is 12.5 Å². The molecule has 0 fully saturated rings. The van der Waals surface area contributed by atoms with Crippen LogP contribution in [0, 0.1) is 21.4 Å². The van der Waals surface area contributed by atoms with E-state index in [1.807, 2.05) is 11.0 Å². The van der Waals surface area contributed by atoms with E-state index in [4.69, 9.17) is 9.79 Å². The molecule has 0 aliphatic heterocycles. The predicted octanol–water partition coefficient (Wildman–Crippen LogP) is 2.63. The summed E-state index contributed by atoms with van der Waals surface area (Å²) in [6, 6.07) is 4.37. The number of halogens is 2. The number of nitro groups is 1. The Balaban J connectivity index is 3.23. The first-order valence-electron chi connectivity index (χ1n) is 8.60. The summed E-state index contributed by atoms with van der Waals surface area (Å²) >= 11 is 6.66. The zero-order valence-electron chi connectivity index (χ0n) is 16.0. The van der Waals surface area contributed by atoms with Gasteiger partial charge in [-0.1, -0.05) is 31.9 Å². The van der Waals surface area contributed by atoms with Crippen LogP contribution in [0.3, 0.4) is 0 Å². The molecule has 166 valence electrons. The van der Waals surface area contributed by atoms with E-state index in [9.17, 15) is 24.7 Å². The van der Waals surface area contributed by atoms with Crippen LogP contribution in [0.2, 0.25) is 0 Å². The number of phosphoric acid groups is 1. The summed E-state index contributed by atoms with van der Waals surface area (Å²) in [5, 5.41) is 22.1. The van der Waals surface area contributed by atoms with Crippen molar-refractivity contribution in [3.63, 3.8) is 0 Å². The minimum absolute atomic E-state index is 0.0534. The standard InChI is InChI=1S/C16H21Br2N4O7P/c1-20(5-2-8-29-30(26,27)28)16(23)13-10-14(21(6-3-17)7-4-18)12(11-19)9-15(13)22(24)25/h9-10H,2-8H2,1H3,(H2,26,27,28). The lowest BCUT2D eigenvalue weighted by atomic mass is 10.0. The molecule has 11 nitrogen and oxygen atoms in total. The van der Waals surface area contributed by atoms with Gasteiger partial charge in [0.15, 0.2) is 0 Å². The van der Waals surface area contributed by atoms with E-state index in [0.717, 1.165) is 6.07 Å². The highest BCUT2D eigenvalue weighted by Crippen LogP contribution is 2.35. The smallest absolute Gasteiger partial charge is 0.369 e. The molecule has 1 aromatic rings. The molecule has 0 atom stereocenters. The largest absolute Gasteiger partial charge is 0.469 e. The van der Waals surface area contributed by atoms with Crippen LogP contribution in [0.4, 0.5) is 11.4 Å². The summed E-state index contributed by atoms with van der Waals surface area (Å²) in [5.74, 6) is -0.652. The maximum Gasteiger partial charge on any atom is 0.469 e. The highest BCUT2D eigenvalue weighted by Gasteiger charge is 2.27. The number of carbonyl (C=O) groups is 1. The Morgan fingerprint density at radius 3 is 2.37 bits per heavy atom. The van der Waals surface area contributed by atoms with Gasteiger partial charge in [0.1, 0.15) is 11.6 Å². The molecule has 1 amide bonds. The van der Waals surface area contributed by atoms with Gasteiger partial charge >= 0.3 is 7.82 Å². The van der Waals surface area contributed by atoms with E-state index in [2.05, 4.69) is 36.4 Å². The zero-order chi connectivity index (χ0) is 22.9. The lowest BCUT2D eigenvalue weighted by Gasteiger charge is -2.25. The molecule has 0 saturated carbocycles. The summed E-state index contributed by atoms with van der Waals surface area (Å²) < 4.78 is 15.0. The molecule has 1 rings (SSSR count). The number of benzene rings is 1. The van der Waals surface area contributed by atoms with E-state index in [-0.39, 0.29) is 30.7 Å². The molecule has 0 unspecified atom stereocenters. The topological polar surface area (TPSA) is 157 Å². The Morgan fingerprint density at radius 1 is 1.30 bits per heavy atom. The Labute approximate surface area is 190 Å². The molecule has 2 N–H and O–H groups in total. The lowest BCUT2D eigenvalue weighted by Crippen LogP contribution is -2.31. The molecule has 0 spiro atoms. The van der Waals surface area contributed by atoms with Gasteiger partial charge in [0.05, 0.1) is 22.8 Å². The molecule has 14 heteroatoms. The van der Waals surface area contributed by atoms with Gasteiger partial charge in [0.2, 0.25) is 0 Å². The molecule has 0 heterocycles. The fourth-order valence-corrected chi connectivity index (χ4v) is 3.82. The molecule has 0 aliphatic carbocycles. The summed E-state index contributed by atoms with van der Waals surface area (Å²) in [5.41, 5.74) is -0.181. The number of alkyl halides is 2. The van der Waals surface area contributed by atoms with Gasteiger partial charge in [-0.15, -0.1) is 0 Å². The first-order valence-corrected chi connectivity index (χ1v) is 12.4. The Morgan fingerprint density at radius 2 is 1.90 bits per heavy atom. The number of amides is 1. The van der Waals surface area contributed by atoms with Crippen molar-refractivity contribution >= 4 is 57.0 Å². The van der Waals surface area contributed by atoms with Crippen LogP contribution in [-0.2, 0) is 9.09 Å². The highest BCUT2D eigenvalue weighted by molar-refractivity contribution is 9.09. The minimum Gasteiger partial charge on any atom is -0.369 e. The maximum atomic E-state index is 12.9. The first-order chi connectivity index (χ1) is 14.1. The van der Waals surface area contributed by atoms with Crippen molar-refractivity contribution in [3.05, 3.63) is 33.4 Å². The van der Waals surface area contributed by atoms with Crippen LogP contribution in [-0.4, -0.2) is 69.5 Å². The predicted molar refractivity (Wildman–Crippen MR) is 117 cm³/mol. The number of carbonyl (C=O) groups excluding carboxylic acids is 1. The second-order valence-electron chi connectivity index (χ2n) is 6.02. The molecule has 0 saturated heterocycles. The van der Waals surface area contributed by atoms with Gasteiger partial charge in [-0.3, -0.25) is 19.4 Å². The number of nitrogens with zero attached hydrogens (tertiary/aromatic N) is 4. The van der Waals surface area contributed by atoms with Crippen molar-refractivity contribution in [1.82, 2.24) is 4.90 Å². The molecule has 0 aromatic heterocycles. The molecule has 0 radical (unpaired) electrons. The van der Waals surface area contributed by atoms with Crippen molar-refractivity contribution in [2.24, 2.45) is 0 Å². The van der Waals surface area contributed by atoms with Crippen LogP contribution in [0.25, 0.3) is 0 Å². The third-order valence-electron chi connectivity index (χ3n) is 3.96. The Bertz CT molecular complexity index is 853.